The van der Waals surface area contributed by atoms with E-state index < -0.39 is 0 Å². The fourth-order valence-electron chi connectivity index (χ4n) is 1.18. The third-order valence-electron chi connectivity index (χ3n) is 2.04. The molecule has 0 saturated carbocycles. The van der Waals surface area contributed by atoms with E-state index in [9.17, 15) is 0 Å². The molecular weight excluding hydrogens is 230 g/mol. The van der Waals surface area contributed by atoms with E-state index in [2.05, 4.69) is 17.1 Å². The van der Waals surface area contributed by atoms with Crippen molar-refractivity contribution in [3.05, 3.63) is 24.4 Å². The number of pyridine rings is 1. The summed E-state index contributed by atoms with van der Waals surface area (Å²) in [5, 5.41) is 9.15. The summed E-state index contributed by atoms with van der Waals surface area (Å²) >= 11 is 7.45. The molecule has 80 valence electrons. The minimum absolute atomic E-state index is 0.493. The first-order valence-corrected chi connectivity index (χ1v) is 6.32. The minimum Gasteiger partial charge on any atom is -0.277 e. The Balaban J connectivity index is 2.14. The maximum absolute atomic E-state index is 5.75. The van der Waals surface area contributed by atoms with Crippen molar-refractivity contribution in [2.24, 2.45) is 5.92 Å². The Morgan fingerprint density at radius 3 is 3.13 bits per heavy atom. The highest BCUT2D eigenvalue weighted by Crippen LogP contribution is 2.19. The number of halogens is 1. The molecule has 0 aromatic carbocycles. The molecule has 5 heteroatoms. The predicted octanol–water partition coefficient (Wildman–Crippen LogP) is 2.70. The van der Waals surface area contributed by atoms with Crippen LogP contribution < -0.4 is 0 Å². The summed E-state index contributed by atoms with van der Waals surface area (Å²) in [5.74, 6) is 2.15. The Hall–Kier alpha value is -0.740. The second-order valence-corrected chi connectivity index (χ2v) is 4.78. The van der Waals surface area contributed by atoms with Crippen LogP contribution in [0.15, 0.2) is 29.6 Å². The number of thioether (sulfide) groups is 1. The number of hydrogen-bond donors (Lipinski definition) is 0. The molecule has 2 aromatic rings. The van der Waals surface area contributed by atoms with Crippen LogP contribution in [0, 0.1) is 5.92 Å². The van der Waals surface area contributed by atoms with E-state index in [1.54, 1.807) is 11.8 Å². The van der Waals surface area contributed by atoms with Gasteiger partial charge >= 0.3 is 0 Å². The van der Waals surface area contributed by atoms with E-state index in [0.717, 1.165) is 16.6 Å². The van der Waals surface area contributed by atoms with E-state index in [-0.39, 0.29) is 0 Å². The van der Waals surface area contributed by atoms with Crippen LogP contribution in [0.2, 0.25) is 0 Å². The molecule has 0 spiro atoms. The van der Waals surface area contributed by atoms with Crippen LogP contribution >= 0.6 is 23.4 Å². The first-order valence-electron chi connectivity index (χ1n) is 4.80. The molecule has 0 aliphatic rings. The van der Waals surface area contributed by atoms with Gasteiger partial charge in [-0.2, -0.15) is 0 Å². The van der Waals surface area contributed by atoms with Crippen LogP contribution in [-0.4, -0.2) is 26.2 Å². The first-order chi connectivity index (χ1) is 7.31. The Labute approximate surface area is 97.8 Å². The van der Waals surface area contributed by atoms with E-state index in [1.807, 2.05) is 28.8 Å². The lowest BCUT2D eigenvalue weighted by molar-refractivity contribution is 0.755. The maximum atomic E-state index is 5.75. The molecule has 0 bridgehead atoms. The Morgan fingerprint density at radius 2 is 2.33 bits per heavy atom. The second kappa shape index (κ2) is 4.86. The monoisotopic (exact) mass is 241 g/mol. The molecule has 0 fully saturated rings. The van der Waals surface area contributed by atoms with Gasteiger partial charge in [-0.25, -0.2) is 0 Å². The van der Waals surface area contributed by atoms with Crippen molar-refractivity contribution in [1.29, 1.82) is 0 Å². The lowest BCUT2D eigenvalue weighted by atomic mass is 10.3. The second-order valence-electron chi connectivity index (χ2n) is 3.48. The maximum Gasteiger partial charge on any atom is 0.195 e. The van der Waals surface area contributed by atoms with Crippen molar-refractivity contribution >= 4 is 29.0 Å². The average Bonchev–Trinajstić information content (AvgIpc) is 2.69. The number of rotatable bonds is 4. The quantitative estimate of drug-likeness (QED) is 0.609. The Bertz CT molecular complexity index is 443. The van der Waals surface area contributed by atoms with Crippen molar-refractivity contribution in [2.45, 2.75) is 12.1 Å². The summed E-state index contributed by atoms with van der Waals surface area (Å²) in [6.07, 6.45) is 1.98. The number of nitrogens with zero attached hydrogens (tertiary/aromatic N) is 3. The third-order valence-corrected chi connectivity index (χ3v) is 3.84. The first kappa shape index (κ1) is 10.8. The standard InChI is InChI=1S/C10H12ClN3S/c1-8(6-11)7-15-10-13-12-9-4-2-3-5-14(9)10/h2-5,8H,6-7H2,1H3. The van der Waals surface area contributed by atoms with Crippen LogP contribution in [0.4, 0.5) is 0 Å². The fraction of sp³-hybridized carbons (Fsp3) is 0.400. The number of hydrogen-bond acceptors (Lipinski definition) is 3. The molecule has 0 amide bonds. The van der Waals surface area contributed by atoms with E-state index in [0.29, 0.717) is 11.8 Å². The minimum atomic E-state index is 0.493. The van der Waals surface area contributed by atoms with Crippen LogP contribution in [0.3, 0.4) is 0 Å². The molecule has 0 saturated heterocycles. The molecule has 0 radical (unpaired) electrons. The van der Waals surface area contributed by atoms with Crippen LogP contribution in [-0.2, 0) is 0 Å². The summed E-state index contributed by atoms with van der Waals surface area (Å²) in [6, 6.07) is 5.88. The zero-order valence-corrected chi connectivity index (χ0v) is 10.0. The zero-order chi connectivity index (χ0) is 10.7. The highest BCUT2D eigenvalue weighted by molar-refractivity contribution is 7.99. The lowest BCUT2D eigenvalue weighted by Crippen LogP contribution is -2.00. The van der Waals surface area contributed by atoms with Crippen molar-refractivity contribution in [2.75, 3.05) is 11.6 Å². The van der Waals surface area contributed by atoms with Gasteiger partial charge in [0.2, 0.25) is 0 Å². The summed E-state index contributed by atoms with van der Waals surface area (Å²) in [5.41, 5.74) is 0.888. The lowest BCUT2D eigenvalue weighted by Gasteiger charge is -2.04. The van der Waals surface area contributed by atoms with E-state index >= 15 is 0 Å². The highest BCUT2D eigenvalue weighted by Gasteiger charge is 2.07. The van der Waals surface area contributed by atoms with Gasteiger partial charge in [0.1, 0.15) is 0 Å². The largest absolute Gasteiger partial charge is 0.277 e. The summed E-state index contributed by atoms with van der Waals surface area (Å²) in [6.45, 7) is 2.13. The molecule has 1 atom stereocenters. The predicted molar refractivity (Wildman–Crippen MR) is 63.6 cm³/mol. The van der Waals surface area contributed by atoms with E-state index in [4.69, 9.17) is 11.6 Å². The number of aromatic nitrogens is 3. The molecule has 0 aliphatic carbocycles. The van der Waals surface area contributed by atoms with Crippen LogP contribution in [0.5, 0.6) is 0 Å². The zero-order valence-electron chi connectivity index (χ0n) is 8.43. The van der Waals surface area contributed by atoms with Gasteiger partial charge in [0.25, 0.3) is 0 Å². The van der Waals surface area contributed by atoms with Gasteiger partial charge in [0.05, 0.1) is 0 Å². The summed E-state index contributed by atoms with van der Waals surface area (Å²) < 4.78 is 1.99. The van der Waals surface area contributed by atoms with Gasteiger partial charge < -0.3 is 0 Å². The summed E-state index contributed by atoms with van der Waals surface area (Å²) in [7, 11) is 0. The van der Waals surface area contributed by atoms with Crippen molar-refractivity contribution in [3.8, 4) is 0 Å². The fourth-order valence-corrected chi connectivity index (χ4v) is 2.36. The van der Waals surface area contributed by atoms with Crippen LogP contribution in [0.25, 0.3) is 5.65 Å². The molecule has 2 aromatic heterocycles. The Kier molecular flexibility index (Phi) is 3.49. The van der Waals surface area contributed by atoms with Gasteiger partial charge in [0, 0.05) is 17.8 Å². The molecule has 0 aliphatic heterocycles. The molecule has 3 nitrogen and oxygen atoms in total. The molecule has 1 unspecified atom stereocenters. The summed E-state index contributed by atoms with van der Waals surface area (Å²) in [4.78, 5) is 0. The average molecular weight is 242 g/mol. The van der Waals surface area contributed by atoms with Gasteiger partial charge in [0.15, 0.2) is 10.8 Å². The van der Waals surface area contributed by atoms with E-state index in [1.165, 1.54) is 0 Å². The molecule has 2 heterocycles. The molecule has 0 N–H and O–H groups in total. The molecule has 15 heavy (non-hydrogen) atoms. The molecular formula is C10H12ClN3S. The van der Waals surface area contributed by atoms with Gasteiger partial charge in [-0.3, -0.25) is 4.40 Å². The van der Waals surface area contributed by atoms with Gasteiger partial charge in [-0.15, -0.1) is 21.8 Å². The normalized spacial score (nSPS) is 13.2. The van der Waals surface area contributed by atoms with Crippen LogP contribution in [0.1, 0.15) is 6.92 Å². The number of alkyl halides is 1. The van der Waals surface area contributed by atoms with Gasteiger partial charge in [-0.05, 0) is 18.1 Å². The third kappa shape index (κ3) is 2.44. The van der Waals surface area contributed by atoms with Gasteiger partial charge in [-0.1, -0.05) is 24.8 Å². The van der Waals surface area contributed by atoms with Crippen molar-refractivity contribution in [3.63, 3.8) is 0 Å². The smallest absolute Gasteiger partial charge is 0.195 e. The van der Waals surface area contributed by atoms with Crippen molar-refractivity contribution in [1.82, 2.24) is 14.6 Å². The molecule has 2 rings (SSSR count). The number of fused-ring (bicyclic) bond motifs is 1. The van der Waals surface area contributed by atoms with Crippen molar-refractivity contribution < 1.29 is 0 Å². The highest BCUT2D eigenvalue weighted by atomic mass is 35.5. The topological polar surface area (TPSA) is 30.2 Å². The Morgan fingerprint density at radius 1 is 1.47 bits per heavy atom. The SMILES string of the molecule is CC(CCl)CSc1nnc2ccccn12.